The molecule has 0 bridgehead atoms. The summed E-state index contributed by atoms with van der Waals surface area (Å²) in [6, 6.07) is 9.35. The fraction of sp³-hybridized carbons (Fsp3) is 0.350. The number of hydrogen-bond acceptors (Lipinski definition) is 3. The van der Waals surface area contributed by atoms with Crippen LogP contribution in [0.15, 0.2) is 45.3 Å². The van der Waals surface area contributed by atoms with Crippen molar-refractivity contribution in [2.75, 3.05) is 18.8 Å². The van der Waals surface area contributed by atoms with Crippen LogP contribution in [0.3, 0.4) is 0 Å². The molecule has 1 aromatic heterocycles. The Hall–Kier alpha value is -2.01. The van der Waals surface area contributed by atoms with Crippen molar-refractivity contribution in [3.63, 3.8) is 0 Å². The van der Waals surface area contributed by atoms with E-state index in [1.165, 1.54) is 6.42 Å². The maximum atomic E-state index is 12.4. The highest BCUT2D eigenvalue weighted by Crippen LogP contribution is 2.31. The second-order valence-electron chi connectivity index (χ2n) is 6.96. The number of anilines is 1. The van der Waals surface area contributed by atoms with Gasteiger partial charge < -0.3 is 15.1 Å². The quantitative estimate of drug-likeness (QED) is 0.591. The van der Waals surface area contributed by atoms with Crippen LogP contribution in [0, 0.1) is 11.8 Å². The Morgan fingerprint density at radius 2 is 1.96 bits per heavy atom. The average Bonchev–Trinajstić information content (AvgIpc) is 3.00. The molecule has 1 fully saturated rings. The Morgan fingerprint density at radius 3 is 2.64 bits per heavy atom. The third kappa shape index (κ3) is 4.34. The second-order valence-corrected chi connectivity index (χ2v) is 7.82. The number of carbonyl (C=O) groups excluding carboxylic acids is 1. The number of amides is 1. The van der Waals surface area contributed by atoms with Gasteiger partial charge in [0.2, 0.25) is 5.91 Å². The molecule has 2 unspecified atom stereocenters. The number of furan rings is 1. The molecule has 2 atom stereocenters. The Morgan fingerprint density at radius 1 is 1.24 bits per heavy atom. The van der Waals surface area contributed by atoms with E-state index in [1.54, 1.807) is 12.2 Å². The third-order valence-corrected chi connectivity index (χ3v) is 5.11. The van der Waals surface area contributed by atoms with Gasteiger partial charge in [0.15, 0.2) is 0 Å². The van der Waals surface area contributed by atoms with Crippen LogP contribution in [0.25, 0.3) is 17.4 Å². The van der Waals surface area contributed by atoms with Gasteiger partial charge in [-0.2, -0.15) is 0 Å². The van der Waals surface area contributed by atoms with Crippen LogP contribution >= 0.6 is 15.9 Å². The van der Waals surface area contributed by atoms with Gasteiger partial charge in [0.25, 0.3) is 0 Å². The topological polar surface area (TPSA) is 59.5 Å². The van der Waals surface area contributed by atoms with Crippen LogP contribution < -0.4 is 5.73 Å². The monoisotopic (exact) mass is 402 g/mol. The Balaban J connectivity index is 1.70. The fourth-order valence-corrected chi connectivity index (χ4v) is 4.01. The number of nitrogen functional groups attached to an aromatic ring is 1. The zero-order chi connectivity index (χ0) is 18.0. The van der Waals surface area contributed by atoms with E-state index in [4.69, 9.17) is 10.2 Å². The zero-order valence-corrected chi connectivity index (χ0v) is 16.1. The maximum absolute atomic E-state index is 12.4. The normalized spacial score (nSPS) is 21.0. The lowest BCUT2D eigenvalue weighted by Crippen LogP contribution is -2.41. The van der Waals surface area contributed by atoms with Crippen LogP contribution in [0.1, 0.15) is 26.0 Å². The van der Waals surface area contributed by atoms with Crippen molar-refractivity contribution >= 4 is 33.6 Å². The first-order valence-corrected chi connectivity index (χ1v) is 9.34. The van der Waals surface area contributed by atoms with E-state index in [2.05, 4.69) is 29.8 Å². The minimum absolute atomic E-state index is 0.0463. The molecule has 3 rings (SSSR count). The fourth-order valence-electron chi connectivity index (χ4n) is 3.42. The molecule has 5 heteroatoms. The van der Waals surface area contributed by atoms with Gasteiger partial charge in [-0.05, 0) is 70.6 Å². The highest BCUT2D eigenvalue weighted by molar-refractivity contribution is 9.10. The SMILES string of the molecule is CC1CC(C)CN(C(=O)/C=C/c2ccc(-c3ccc(N)cc3Br)o2)C1. The minimum atomic E-state index is 0.0463. The molecule has 1 aromatic carbocycles. The molecule has 1 saturated heterocycles. The lowest BCUT2D eigenvalue weighted by atomic mass is 9.92. The number of halogens is 1. The zero-order valence-electron chi connectivity index (χ0n) is 14.5. The number of likely N-dealkylation sites (tertiary alicyclic amines) is 1. The molecule has 0 spiro atoms. The van der Waals surface area contributed by atoms with E-state index in [0.717, 1.165) is 28.9 Å². The molecule has 4 nitrogen and oxygen atoms in total. The van der Waals surface area contributed by atoms with Crippen molar-refractivity contribution in [2.24, 2.45) is 11.8 Å². The molecule has 2 N–H and O–H groups in total. The predicted octanol–water partition coefficient (Wildman–Crippen LogP) is 4.81. The minimum Gasteiger partial charge on any atom is -0.457 e. The summed E-state index contributed by atoms with van der Waals surface area (Å²) < 4.78 is 6.72. The van der Waals surface area contributed by atoms with E-state index in [1.807, 2.05) is 35.2 Å². The molecule has 0 saturated carbocycles. The third-order valence-electron chi connectivity index (χ3n) is 4.46. The van der Waals surface area contributed by atoms with Gasteiger partial charge in [-0.1, -0.05) is 13.8 Å². The van der Waals surface area contributed by atoms with E-state index in [-0.39, 0.29) is 5.91 Å². The molecular formula is C20H23BrN2O2. The van der Waals surface area contributed by atoms with Crippen molar-refractivity contribution in [3.8, 4) is 11.3 Å². The Labute approximate surface area is 156 Å². The van der Waals surface area contributed by atoms with Gasteiger partial charge in [0.1, 0.15) is 11.5 Å². The number of carbonyl (C=O) groups is 1. The summed E-state index contributed by atoms with van der Waals surface area (Å²) in [5.74, 6) is 2.55. The molecule has 2 heterocycles. The number of nitrogens with two attached hydrogens (primary N) is 1. The standard InChI is InChI=1S/C20H23BrN2O2/c1-13-9-14(2)12-23(11-13)20(24)8-5-16-4-7-19(25-16)17-6-3-15(22)10-18(17)21/h3-8,10,13-14H,9,11-12,22H2,1-2H3/b8-5+. The molecule has 132 valence electrons. The lowest BCUT2D eigenvalue weighted by Gasteiger charge is -2.34. The molecule has 25 heavy (non-hydrogen) atoms. The van der Waals surface area contributed by atoms with Gasteiger partial charge in [-0.25, -0.2) is 0 Å². The highest BCUT2D eigenvalue weighted by atomic mass is 79.9. The molecule has 0 radical (unpaired) electrons. The molecule has 1 aliphatic heterocycles. The summed E-state index contributed by atoms with van der Waals surface area (Å²) in [4.78, 5) is 14.3. The number of nitrogens with zero attached hydrogens (tertiary/aromatic N) is 1. The largest absolute Gasteiger partial charge is 0.457 e. The first-order valence-electron chi connectivity index (χ1n) is 8.54. The van der Waals surface area contributed by atoms with Crippen LogP contribution in [0.5, 0.6) is 0 Å². The lowest BCUT2D eigenvalue weighted by molar-refractivity contribution is -0.128. The first-order chi connectivity index (χ1) is 11.9. The summed E-state index contributed by atoms with van der Waals surface area (Å²) in [6.45, 7) is 6.05. The summed E-state index contributed by atoms with van der Waals surface area (Å²) in [6.07, 6.45) is 4.53. The molecule has 0 aliphatic carbocycles. The van der Waals surface area contributed by atoms with Crippen molar-refractivity contribution in [1.82, 2.24) is 4.90 Å². The van der Waals surface area contributed by atoms with Crippen molar-refractivity contribution in [1.29, 1.82) is 0 Å². The molecule has 1 aliphatic rings. The number of rotatable bonds is 3. The summed E-state index contributed by atoms with van der Waals surface area (Å²) in [5, 5.41) is 0. The van der Waals surface area contributed by atoms with Gasteiger partial charge in [0.05, 0.1) is 0 Å². The van der Waals surface area contributed by atoms with Gasteiger partial charge in [-0.3, -0.25) is 4.79 Å². The first kappa shape index (κ1) is 17.8. The van der Waals surface area contributed by atoms with Crippen molar-refractivity contribution in [3.05, 3.63) is 46.6 Å². The summed E-state index contributed by atoms with van der Waals surface area (Å²) >= 11 is 3.50. The second kappa shape index (κ2) is 7.48. The van der Waals surface area contributed by atoms with Gasteiger partial charge >= 0.3 is 0 Å². The van der Waals surface area contributed by atoms with Crippen LogP contribution in [-0.4, -0.2) is 23.9 Å². The number of piperidine rings is 1. The van der Waals surface area contributed by atoms with Crippen LogP contribution in [0.4, 0.5) is 5.69 Å². The molecular weight excluding hydrogens is 380 g/mol. The maximum Gasteiger partial charge on any atom is 0.246 e. The van der Waals surface area contributed by atoms with Gasteiger partial charge in [0, 0.05) is 34.9 Å². The average molecular weight is 403 g/mol. The van der Waals surface area contributed by atoms with E-state index in [9.17, 15) is 4.79 Å². The van der Waals surface area contributed by atoms with Crippen molar-refractivity contribution in [2.45, 2.75) is 20.3 Å². The molecule has 1 amide bonds. The van der Waals surface area contributed by atoms with Crippen LogP contribution in [-0.2, 0) is 4.79 Å². The van der Waals surface area contributed by atoms with E-state index < -0.39 is 0 Å². The van der Waals surface area contributed by atoms with E-state index >= 15 is 0 Å². The number of hydrogen-bond donors (Lipinski definition) is 1. The smallest absolute Gasteiger partial charge is 0.246 e. The summed E-state index contributed by atoms with van der Waals surface area (Å²) in [7, 11) is 0. The summed E-state index contributed by atoms with van der Waals surface area (Å²) in [5.41, 5.74) is 7.39. The predicted molar refractivity (Wildman–Crippen MR) is 105 cm³/mol. The highest BCUT2D eigenvalue weighted by Gasteiger charge is 2.24. The van der Waals surface area contributed by atoms with Crippen LogP contribution in [0.2, 0.25) is 0 Å². The Kier molecular flexibility index (Phi) is 5.33. The van der Waals surface area contributed by atoms with E-state index in [0.29, 0.717) is 23.3 Å². The molecule has 2 aromatic rings. The number of benzene rings is 1. The van der Waals surface area contributed by atoms with Crippen molar-refractivity contribution < 1.29 is 9.21 Å². The Bertz CT molecular complexity index is 787. The van der Waals surface area contributed by atoms with Gasteiger partial charge in [-0.15, -0.1) is 0 Å².